The van der Waals surface area contributed by atoms with E-state index in [1.54, 1.807) is 21.3 Å². The first-order chi connectivity index (χ1) is 14.9. The first kappa shape index (κ1) is 78.7. The van der Waals surface area contributed by atoms with Crippen molar-refractivity contribution in [1.29, 1.82) is 0 Å². The van der Waals surface area contributed by atoms with Gasteiger partial charge in [-0.25, -0.2) is 0 Å². The SMILES string of the molecule is C=NC.CC.CC.CC.CC.CC.CC=O.CC=O.CC=O.CC=O.CC=O.COC. The number of ether oxygens (including phenoxy) is 1. The minimum absolute atomic E-state index is 0.750. The summed E-state index contributed by atoms with van der Waals surface area (Å²) in [4.78, 5) is 47.3. The van der Waals surface area contributed by atoms with E-state index in [0.29, 0.717) is 0 Å². The van der Waals surface area contributed by atoms with Gasteiger partial charge in [-0.1, -0.05) is 69.2 Å². The van der Waals surface area contributed by atoms with Crippen LogP contribution in [-0.2, 0) is 28.7 Å². The number of aldehydes is 5. The second-order valence-corrected chi connectivity index (χ2v) is 1.90. The molecule has 0 amide bonds. The van der Waals surface area contributed by atoms with Crippen LogP contribution in [0, 0.1) is 0 Å². The Bertz CT molecular complexity index is 131. The van der Waals surface area contributed by atoms with Crippen LogP contribution in [-0.4, -0.2) is 59.4 Å². The first-order valence-corrected chi connectivity index (χ1v) is 10.6. The van der Waals surface area contributed by atoms with Crippen LogP contribution in [0.15, 0.2) is 4.99 Å². The third-order valence-electron chi connectivity index (χ3n) is 0. The summed E-state index contributed by atoms with van der Waals surface area (Å²) in [6.45, 7) is 30.3. The Kier molecular flexibility index (Phi) is 2080. The third-order valence-corrected chi connectivity index (χ3v) is 0. The average molecular weight is 460 g/mol. The summed E-state index contributed by atoms with van der Waals surface area (Å²) in [5.74, 6) is 0. The average Bonchev–Trinajstić information content (AvgIpc) is 2.79. The van der Waals surface area contributed by atoms with Crippen LogP contribution in [0.3, 0.4) is 0 Å². The molecule has 0 saturated heterocycles. The Morgan fingerprint density at radius 3 is 0.484 bits per heavy atom. The molecule has 0 bridgehead atoms. The fourth-order valence-corrected chi connectivity index (χ4v) is 0. The zero-order valence-electron chi connectivity index (χ0n) is 24.5. The van der Waals surface area contributed by atoms with Crippen molar-refractivity contribution in [1.82, 2.24) is 0 Å². The highest BCUT2D eigenvalue weighted by Crippen LogP contribution is 1.28. The summed E-state index contributed by atoms with van der Waals surface area (Å²) in [6, 6.07) is 0. The summed E-state index contributed by atoms with van der Waals surface area (Å²) in [6.07, 6.45) is 3.75. The van der Waals surface area contributed by atoms with Crippen LogP contribution in [0.2, 0.25) is 0 Å². The molecule has 0 rings (SSSR count). The number of hydrogen-bond acceptors (Lipinski definition) is 7. The van der Waals surface area contributed by atoms with E-state index in [1.807, 2.05) is 69.2 Å². The van der Waals surface area contributed by atoms with Gasteiger partial charge in [0, 0.05) is 21.3 Å². The highest BCUT2D eigenvalue weighted by atomic mass is 16.4. The van der Waals surface area contributed by atoms with E-state index in [-0.39, 0.29) is 0 Å². The van der Waals surface area contributed by atoms with Gasteiger partial charge in [0.15, 0.2) is 0 Å². The van der Waals surface area contributed by atoms with Crippen molar-refractivity contribution in [2.45, 2.75) is 104 Å². The number of aliphatic imine (C=N–C) groups is 1. The second kappa shape index (κ2) is 821. The maximum atomic E-state index is 8.81. The number of rotatable bonds is 0. The van der Waals surface area contributed by atoms with Gasteiger partial charge in [-0.15, -0.1) is 0 Å². The maximum absolute atomic E-state index is 8.81. The normalized spacial score (nSPS) is 4.06. The van der Waals surface area contributed by atoms with Gasteiger partial charge >= 0.3 is 0 Å². The van der Waals surface area contributed by atoms with E-state index < -0.39 is 0 Å². The molecule has 0 radical (unpaired) electrons. The molecule has 0 aliphatic heterocycles. The first-order valence-electron chi connectivity index (χ1n) is 10.6. The quantitative estimate of drug-likeness (QED) is 0.293. The molecule has 0 unspecified atom stereocenters. The van der Waals surface area contributed by atoms with Gasteiger partial charge in [0.2, 0.25) is 0 Å². The lowest BCUT2D eigenvalue weighted by Gasteiger charge is -1.61. The summed E-state index contributed by atoms with van der Waals surface area (Å²) in [7, 11) is 4.89. The van der Waals surface area contributed by atoms with Crippen molar-refractivity contribution in [3.63, 3.8) is 0 Å². The summed E-state index contributed by atoms with van der Waals surface area (Å²) >= 11 is 0. The Hall–Kier alpha value is -2.02. The highest BCUT2D eigenvalue weighted by Gasteiger charge is 1.26. The number of carbonyl (C=O) groups is 5. The number of hydrogen-bond donors (Lipinski definition) is 0. The van der Waals surface area contributed by atoms with Crippen LogP contribution < -0.4 is 0 Å². The summed E-state index contributed by atoms with van der Waals surface area (Å²) < 4.78 is 4.25. The summed E-state index contributed by atoms with van der Waals surface area (Å²) in [5.41, 5.74) is 0. The molecule has 0 aliphatic rings. The van der Waals surface area contributed by atoms with Gasteiger partial charge in [0.05, 0.1) is 0 Å². The molecule has 31 heavy (non-hydrogen) atoms. The smallest absolute Gasteiger partial charge is 0.116 e. The van der Waals surface area contributed by atoms with Gasteiger partial charge < -0.3 is 33.7 Å². The molecule has 0 atom stereocenters. The summed E-state index contributed by atoms with van der Waals surface area (Å²) in [5, 5.41) is 0. The molecule has 0 saturated carbocycles. The van der Waals surface area contributed by atoms with Gasteiger partial charge in [0.1, 0.15) is 31.4 Å². The predicted octanol–water partition coefficient (Wildman–Crippen LogP) is 6.74. The lowest BCUT2D eigenvalue weighted by Crippen LogP contribution is -1.55. The van der Waals surface area contributed by atoms with E-state index in [0.717, 1.165) is 31.4 Å². The van der Waals surface area contributed by atoms with Crippen molar-refractivity contribution < 1.29 is 28.7 Å². The number of methoxy groups -OCH3 is 1. The predicted molar refractivity (Wildman–Crippen MR) is 144 cm³/mol. The lowest BCUT2D eigenvalue weighted by molar-refractivity contribution is -0.106. The monoisotopic (exact) mass is 459 g/mol. The Labute approximate surface area is 197 Å². The van der Waals surface area contributed by atoms with Crippen LogP contribution in [0.25, 0.3) is 0 Å². The van der Waals surface area contributed by atoms with E-state index in [9.17, 15) is 0 Å². The molecule has 7 heteroatoms. The second-order valence-electron chi connectivity index (χ2n) is 1.90. The molecule has 0 spiro atoms. The Morgan fingerprint density at radius 2 is 0.484 bits per heavy atom. The van der Waals surface area contributed by atoms with Gasteiger partial charge in [-0.05, 0) is 41.3 Å². The molecule has 0 heterocycles. The highest BCUT2D eigenvalue weighted by molar-refractivity contribution is 5.45. The lowest BCUT2D eigenvalue weighted by atomic mass is 11.0. The van der Waals surface area contributed by atoms with Crippen LogP contribution in [0.1, 0.15) is 104 Å². The molecule has 0 aromatic rings. The van der Waals surface area contributed by atoms with Crippen LogP contribution in [0.5, 0.6) is 0 Å². The fraction of sp³-hybridized carbons (Fsp3) is 0.750. The molecule has 7 nitrogen and oxygen atoms in total. The zero-order chi connectivity index (χ0) is 28.9. The maximum Gasteiger partial charge on any atom is 0.116 e. The van der Waals surface area contributed by atoms with Crippen molar-refractivity contribution in [3.05, 3.63) is 0 Å². The van der Waals surface area contributed by atoms with E-state index in [1.165, 1.54) is 34.6 Å². The molecule has 0 aromatic heterocycles. The molecular formula is C24H61NO6. The van der Waals surface area contributed by atoms with Crippen molar-refractivity contribution >= 4 is 38.1 Å². The molecule has 0 N–H and O–H groups in total. The number of carbonyl (C=O) groups excluding carboxylic acids is 5. The Balaban J connectivity index is -0.0000000128. The standard InChI is InChI=1S/C2H5N.C2H6O.5C2H4O.5C2H6/c2*1-3-2;5*1-2-3;5*1-2/h1H2,2H3;1-2H3;5*2H,1H3;5*1-2H3. The molecule has 198 valence electrons. The fourth-order valence-electron chi connectivity index (χ4n) is 0. The van der Waals surface area contributed by atoms with Gasteiger partial charge in [-0.3, -0.25) is 0 Å². The minimum atomic E-state index is 0.750. The largest absolute Gasteiger partial charge is 0.388 e. The molecular weight excluding hydrogens is 398 g/mol. The third kappa shape index (κ3) is 4630. The van der Waals surface area contributed by atoms with E-state index in [2.05, 4.69) is 16.4 Å². The van der Waals surface area contributed by atoms with Crippen LogP contribution >= 0.6 is 0 Å². The molecule has 0 fully saturated rings. The van der Waals surface area contributed by atoms with Gasteiger partial charge in [0.25, 0.3) is 0 Å². The Morgan fingerprint density at radius 1 is 0.484 bits per heavy atom. The van der Waals surface area contributed by atoms with E-state index >= 15 is 0 Å². The van der Waals surface area contributed by atoms with E-state index in [4.69, 9.17) is 24.0 Å². The molecule has 0 aromatic carbocycles. The zero-order valence-corrected chi connectivity index (χ0v) is 24.5. The topological polar surface area (TPSA) is 107 Å². The van der Waals surface area contributed by atoms with Crippen molar-refractivity contribution in [2.75, 3.05) is 21.3 Å². The molecule has 0 aliphatic carbocycles. The van der Waals surface area contributed by atoms with Gasteiger partial charge in [-0.2, -0.15) is 0 Å². The minimum Gasteiger partial charge on any atom is -0.388 e. The number of nitrogens with zero attached hydrogens (tertiary/aromatic N) is 1. The van der Waals surface area contributed by atoms with Crippen LogP contribution in [0.4, 0.5) is 0 Å². The van der Waals surface area contributed by atoms with Crippen molar-refractivity contribution in [2.24, 2.45) is 4.99 Å². The van der Waals surface area contributed by atoms with Crippen molar-refractivity contribution in [3.8, 4) is 0 Å².